The molecule has 0 heterocycles. The van der Waals surface area contributed by atoms with Crippen LogP contribution >= 0.6 is 0 Å². The molecular formula is C17H14F2O4. The minimum absolute atomic E-state index is 0.220. The monoisotopic (exact) mass is 320 g/mol. The average Bonchev–Trinajstić information content (AvgIpc) is 2.50. The highest BCUT2D eigenvalue weighted by Crippen LogP contribution is 2.31. The predicted molar refractivity (Wildman–Crippen MR) is 78.2 cm³/mol. The van der Waals surface area contributed by atoms with Crippen molar-refractivity contribution < 1.29 is 28.6 Å². The van der Waals surface area contributed by atoms with E-state index in [1.54, 1.807) is 0 Å². The van der Waals surface area contributed by atoms with E-state index in [0.717, 1.165) is 24.3 Å². The molecule has 0 radical (unpaired) electrons. The summed E-state index contributed by atoms with van der Waals surface area (Å²) in [5.74, 6) is -5.64. The van der Waals surface area contributed by atoms with Crippen molar-refractivity contribution >= 4 is 11.9 Å². The quantitative estimate of drug-likeness (QED) is 0.855. The lowest BCUT2D eigenvalue weighted by Gasteiger charge is -2.18. The fraction of sp³-hybridized carbons (Fsp3) is 0.176. The molecule has 2 N–H and O–H groups in total. The molecule has 0 bridgehead atoms. The predicted octanol–water partition coefficient (Wildman–Crippen LogP) is 3.39. The minimum atomic E-state index is -1.20. The Morgan fingerprint density at radius 3 is 1.30 bits per heavy atom. The Bertz CT molecular complexity index is 634. The van der Waals surface area contributed by atoms with Gasteiger partial charge in [0.1, 0.15) is 11.6 Å². The molecule has 0 fully saturated rings. The van der Waals surface area contributed by atoms with Gasteiger partial charge < -0.3 is 10.2 Å². The Morgan fingerprint density at radius 2 is 1.04 bits per heavy atom. The zero-order valence-corrected chi connectivity index (χ0v) is 11.9. The number of benzene rings is 2. The van der Waals surface area contributed by atoms with Gasteiger partial charge in [-0.1, -0.05) is 24.3 Å². The second-order valence-corrected chi connectivity index (χ2v) is 5.12. The molecule has 0 saturated carbocycles. The van der Waals surface area contributed by atoms with Gasteiger partial charge in [-0.15, -0.1) is 0 Å². The maximum Gasteiger partial charge on any atom is 0.311 e. The molecule has 2 aromatic rings. The number of rotatable bonds is 6. The smallest absolute Gasteiger partial charge is 0.311 e. The van der Waals surface area contributed by atoms with Crippen LogP contribution in [0.1, 0.15) is 29.4 Å². The largest absolute Gasteiger partial charge is 0.481 e. The van der Waals surface area contributed by atoms with Crippen LogP contribution in [0.2, 0.25) is 0 Å². The first-order chi connectivity index (χ1) is 10.9. The molecule has 23 heavy (non-hydrogen) atoms. The van der Waals surface area contributed by atoms with Crippen molar-refractivity contribution in [2.24, 2.45) is 0 Å². The summed E-state index contributed by atoms with van der Waals surface area (Å²) in [6.07, 6.45) is -0.220. The number of carbonyl (C=O) groups is 2. The van der Waals surface area contributed by atoms with Crippen LogP contribution in [0.5, 0.6) is 0 Å². The summed E-state index contributed by atoms with van der Waals surface area (Å²) >= 11 is 0. The zero-order chi connectivity index (χ0) is 17.0. The highest BCUT2D eigenvalue weighted by molar-refractivity contribution is 5.80. The molecule has 0 aliphatic carbocycles. The number of hydrogen-bond acceptors (Lipinski definition) is 2. The van der Waals surface area contributed by atoms with Crippen molar-refractivity contribution in [3.05, 3.63) is 71.3 Å². The van der Waals surface area contributed by atoms with E-state index in [0.29, 0.717) is 11.1 Å². The number of carboxylic acid groups (broad SMARTS) is 2. The van der Waals surface area contributed by atoms with Crippen molar-refractivity contribution in [1.82, 2.24) is 0 Å². The topological polar surface area (TPSA) is 74.6 Å². The lowest BCUT2D eigenvalue weighted by atomic mass is 9.85. The molecule has 0 saturated heterocycles. The molecule has 0 spiro atoms. The summed E-state index contributed by atoms with van der Waals surface area (Å²) in [6.45, 7) is 0. The molecule has 0 amide bonds. The second-order valence-electron chi connectivity index (χ2n) is 5.12. The molecular weight excluding hydrogens is 306 g/mol. The summed E-state index contributed by atoms with van der Waals surface area (Å²) in [7, 11) is 0. The van der Waals surface area contributed by atoms with Crippen LogP contribution in [0.25, 0.3) is 0 Å². The van der Waals surface area contributed by atoms with E-state index in [4.69, 9.17) is 0 Å². The van der Waals surface area contributed by atoms with Gasteiger partial charge in [-0.05, 0) is 41.8 Å². The molecule has 6 heteroatoms. The second kappa shape index (κ2) is 7.00. The van der Waals surface area contributed by atoms with E-state index >= 15 is 0 Å². The van der Waals surface area contributed by atoms with E-state index in [9.17, 15) is 28.6 Å². The fourth-order valence-corrected chi connectivity index (χ4v) is 2.38. The maximum atomic E-state index is 13.0. The lowest BCUT2D eigenvalue weighted by molar-refractivity contribution is -0.141. The van der Waals surface area contributed by atoms with Crippen LogP contribution in [0.15, 0.2) is 48.5 Å². The van der Waals surface area contributed by atoms with Crippen molar-refractivity contribution in [2.45, 2.75) is 18.3 Å². The lowest BCUT2D eigenvalue weighted by Crippen LogP contribution is -2.20. The summed E-state index contributed by atoms with van der Waals surface area (Å²) in [5, 5.41) is 18.7. The number of aliphatic carboxylic acids is 2. The Morgan fingerprint density at radius 1 is 0.739 bits per heavy atom. The van der Waals surface area contributed by atoms with Crippen LogP contribution in [-0.2, 0) is 9.59 Å². The zero-order valence-electron chi connectivity index (χ0n) is 11.9. The molecule has 120 valence electrons. The van der Waals surface area contributed by atoms with E-state index in [2.05, 4.69) is 0 Å². The van der Waals surface area contributed by atoms with Gasteiger partial charge in [-0.2, -0.15) is 0 Å². The molecule has 4 nitrogen and oxygen atoms in total. The molecule has 0 aliphatic rings. The Kier molecular flexibility index (Phi) is 5.05. The van der Waals surface area contributed by atoms with Crippen LogP contribution in [0.3, 0.4) is 0 Å². The highest BCUT2D eigenvalue weighted by atomic mass is 19.1. The molecule has 0 aliphatic heterocycles. The van der Waals surface area contributed by atoms with E-state index in [-0.39, 0.29) is 6.42 Å². The number of halogens is 2. The first-order valence-electron chi connectivity index (χ1n) is 6.85. The van der Waals surface area contributed by atoms with Gasteiger partial charge in [-0.3, -0.25) is 9.59 Å². The van der Waals surface area contributed by atoms with Gasteiger partial charge in [0, 0.05) is 0 Å². The highest BCUT2D eigenvalue weighted by Gasteiger charge is 2.29. The first-order valence-corrected chi connectivity index (χ1v) is 6.85. The van der Waals surface area contributed by atoms with Gasteiger partial charge in [0.15, 0.2) is 0 Å². The molecule has 2 rings (SSSR count). The molecule has 0 aromatic heterocycles. The van der Waals surface area contributed by atoms with Crippen molar-refractivity contribution in [2.75, 3.05) is 0 Å². The van der Waals surface area contributed by atoms with Gasteiger partial charge in [0.05, 0.1) is 11.8 Å². The third-order valence-electron chi connectivity index (χ3n) is 3.61. The van der Waals surface area contributed by atoms with Crippen LogP contribution in [-0.4, -0.2) is 22.2 Å². The van der Waals surface area contributed by atoms with Crippen molar-refractivity contribution in [3.8, 4) is 0 Å². The van der Waals surface area contributed by atoms with E-state index in [1.165, 1.54) is 24.3 Å². The summed E-state index contributed by atoms with van der Waals surface area (Å²) in [4.78, 5) is 23.0. The third-order valence-corrected chi connectivity index (χ3v) is 3.61. The average molecular weight is 320 g/mol. The van der Waals surface area contributed by atoms with Crippen molar-refractivity contribution in [1.29, 1.82) is 0 Å². The summed E-state index contributed by atoms with van der Waals surface area (Å²) < 4.78 is 25.9. The fourth-order valence-electron chi connectivity index (χ4n) is 2.38. The van der Waals surface area contributed by atoms with Gasteiger partial charge in [-0.25, -0.2) is 8.78 Å². The van der Waals surface area contributed by atoms with Crippen LogP contribution < -0.4 is 0 Å². The molecule has 2 atom stereocenters. The normalized spacial score (nSPS) is 13.3. The summed E-state index contributed by atoms with van der Waals surface area (Å²) in [6, 6.07) is 9.76. The molecule has 2 aromatic carbocycles. The van der Waals surface area contributed by atoms with E-state index < -0.39 is 35.4 Å². The Balaban J connectivity index is 2.31. The minimum Gasteiger partial charge on any atom is -0.481 e. The third kappa shape index (κ3) is 4.12. The number of hydrogen-bond donors (Lipinski definition) is 2. The maximum absolute atomic E-state index is 13.0. The van der Waals surface area contributed by atoms with Crippen LogP contribution in [0.4, 0.5) is 8.78 Å². The van der Waals surface area contributed by atoms with Crippen molar-refractivity contribution in [3.63, 3.8) is 0 Å². The molecule has 2 unspecified atom stereocenters. The number of carboxylic acids is 2. The van der Waals surface area contributed by atoms with Crippen LogP contribution in [0, 0.1) is 11.6 Å². The Hall–Kier alpha value is -2.76. The van der Waals surface area contributed by atoms with Gasteiger partial charge >= 0.3 is 11.9 Å². The standard InChI is InChI=1S/C17H14F2O4/c18-12-5-1-10(2-6-12)14(16(20)21)9-15(17(22)23)11-3-7-13(19)8-4-11/h1-8,14-15H,9H2,(H,20,21)(H,22,23). The summed E-state index contributed by atoms with van der Waals surface area (Å²) in [5.41, 5.74) is 0.625. The Labute approximate surface area is 131 Å². The first kappa shape index (κ1) is 16.6. The van der Waals surface area contributed by atoms with Gasteiger partial charge in [0.2, 0.25) is 0 Å². The van der Waals surface area contributed by atoms with Gasteiger partial charge in [0.25, 0.3) is 0 Å². The SMILES string of the molecule is O=C(O)C(CC(C(=O)O)c1ccc(F)cc1)c1ccc(F)cc1. The van der Waals surface area contributed by atoms with E-state index in [1.807, 2.05) is 0 Å².